The molecule has 0 aliphatic heterocycles. The Hall–Kier alpha value is -3.02. The van der Waals surface area contributed by atoms with Crippen molar-refractivity contribution in [3.05, 3.63) is 53.6 Å². The molecule has 0 spiro atoms. The standard InChI is InChI=1S/C23H30N2O4/c1-5-28-20-11-10-18(14-21(20)29-6-2)23(27)24-15-17-8-7-9-19(13-17)25-22(26)12-16(3)4/h7-11,13-14,16H,5-6,12,15H2,1-4H3,(H,24,27)(H,25,26). The van der Waals surface area contributed by atoms with Crippen LogP contribution < -0.4 is 20.1 Å². The molecule has 0 radical (unpaired) electrons. The second kappa shape index (κ2) is 11.1. The van der Waals surface area contributed by atoms with Crippen LogP contribution in [-0.4, -0.2) is 25.0 Å². The summed E-state index contributed by atoms with van der Waals surface area (Å²) in [6.07, 6.45) is 0.473. The Morgan fingerprint density at radius 2 is 1.69 bits per heavy atom. The van der Waals surface area contributed by atoms with E-state index in [4.69, 9.17) is 9.47 Å². The molecule has 0 bridgehead atoms. The molecule has 0 atom stereocenters. The van der Waals surface area contributed by atoms with Crippen LogP contribution in [-0.2, 0) is 11.3 Å². The highest BCUT2D eigenvalue weighted by Crippen LogP contribution is 2.28. The maximum absolute atomic E-state index is 12.6. The van der Waals surface area contributed by atoms with E-state index in [1.165, 1.54) is 0 Å². The van der Waals surface area contributed by atoms with E-state index in [9.17, 15) is 9.59 Å². The highest BCUT2D eigenvalue weighted by molar-refractivity contribution is 5.95. The average Bonchev–Trinajstić information content (AvgIpc) is 2.67. The number of carbonyl (C=O) groups excluding carboxylic acids is 2. The van der Waals surface area contributed by atoms with E-state index in [0.29, 0.717) is 49.2 Å². The smallest absolute Gasteiger partial charge is 0.251 e. The topological polar surface area (TPSA) is 76.7 Å². The van der Waals surface area contributed by atoms with Crippen LogP contribution in [0.15, 0.2) is 42.5 Å². The summed E-state index contributed by atoms with van der Waals surface area (Å²) in [5.41, 5.74) is 2.12. The van der Waals surface area contributed by atoms with Crippen LogP contribution >= 0.6 is 0 Å². The van der Waals surface area contributed by atoms with Crippen LogP contribution in [0.1, 0.15) is 50.0 Å². The first-order chi connectivity index (χ1) is 13.9. The van der Waals surface area contributed by atoms with Crippen molar-refractivity contribution >= 4 is 17.5 Å². The van der Waals surface area contributed by atoms with Gasteiger partial charge in [-0.2, -0.15) is 0 Å². The first-order valence-electron chi connectivity index (χ1n) is 9.99. The minimum Gasteiger partial charge on any atom is -0.490 e. The predicted octanol–water partition coefficient (Wildman–Crippen LogP) is 4.40. The number of anilines is 1. The van der Waals surface area contributed by atoms with Crippen molar-refractivity contribution in [2.45, 2.75) is 40.7 Å². The number of amides is 2. The lowest BCUT2D eigenvalue weighted by Crippen LogP contribution is -2.23. The molecule has 2 aromatic carbocycles. The van der Waals surface area contributed by atoms with Crippen LogP contribution in [0.2, 0.25) is 0 Å². The fourth-order valence-corrected chi connectivity index (χ4v) is 2.82. The molecule has 0 unspecified atom stereocenters. The third-order valence-electron chi connectivity index (χ3n) is 4.06. The number of carbonyl (C=O) groups is 2. The highest BCUT2D eigenvalue weighted by Gasteiger charge is 2.12. The minimum atomic E-state index is -0.205. The molecule has 2 N–H and O–H groups in total. The van der Waals surface area contributed by atoms with Crippen molar-refractivity contribution in [3.63, 3.8) is 0 Å². The third-order valence-corrected chi connectivity index (χ3v) is 4.06. The van der Waals surface area contributed by atoms with E-state index in [1.807, 2.05) is 52.0 Å². The summed E-state index contributed by atoms with van der Waals surface area (Å²) >= 11 is 0. The monoisotopic (exact) mass is 398 g/mol. The number of rotatable bonds is 10. The molecule has 0 aromatic heterocycles. The van der Waals surface area contributed by atoms with Crippen molar-refractivity contribution in [1.29, 1.82) is 0 Å². The summed E-state index contributed by atoms with van der Waals surface area (Å²) in [4.78, 5) is 24.5. The quantitative estimate of drug-likeness (QED) is 0.622. The van der Waals surface area contributed by atoms with Gasteiger partial charge >= 0.3 is 0 Å². The zero-order valence-corrected chi connectivity index (χ0v) is 17.6. The number of ether oxygens (including phenoxy) is 2. The van der Waals surface area contributed by atoms with Gasteiger partial charge in [0.25, 0.3) is 5.91 Å². The van der Waals surface area contributed by atoms with Gasteiger partial charge in [-0.05, 0) is 55.7 Å². The normalized spacial score (nSPS) is 10.5. The van der Waals surface area contributed by atoms with E-state index in [1.54, 1.807) is 18.2 Å². The van der Waals surface area contributed by atoms with Gasteiger partial charge in [-0.15, -0.1) is 0 Å². The molecule has 0 heterocycles. The van der Waals surface area contributed by atoms with Gasteiger partial charge in [0, 0.05) is 24.2 Å². The first kappa shape index (κ1) is 22.3. The van der Waals surface area contributed by atoms with Gasteiger partial charge in [0.05, 0.1) is 13.2 Å². The van der Waals surface area contributed by atoms with Crippen LogP contribution in [0, 0.1) is 5.92 Å². The molecule has 6 heteroatoms. The van der Waals surface area contributed by atoms with E-state index in [0.717, 1.165) is 11.3 Å². The summed E-state index contributed by atoms with van der Waals surface area (Å²) in [6.45, 7) is 9.15. The van der Waals surface area contributed by atoms with E-state index >= 15 is 0 Å². The molecule has 0 saturated carbocycles. The Morgan fingerprint density at radius 3 is 2.38 bits per heavy atom. The van der Waals surface area contributed by atoms with Gasteiger partial charge in [-0.25, -0.2) is 0 Å². The molecule has 29 heavy (non-hydrogen) atoms. The first-order valence-corrected chi connectivity index (χ1v) is 9.99. The Labute approximate surface area is 172 Å². The third kappa shape index (κ3) is 7.14. The number of hydrogen-bond acceptors (Lipinski definition) is 4. The van der Waals surface area contributed by atoms with Gasteiger partial charge < -0.3 is 20.1 Å². The van der Waals surface area contributed by atoms with Crippen LogP contribution in [0.4, 0.5) is 5.69 Å². The van der Waals surface area contributed by atoms with E-state index in [2.05, 4.69) is 10.6 Å². The summed E-state index contributed by atoms with van der Waals surface area (Å²) in [5.74, 6) is 1.25. The average molecular weight is 399 g/mol. The maximum Gasteiger partial charge on any atom is 0.251 e. The molecule has 2 rings (SSSR count). The van der Waals surface area contributed by atoms with Crippen molar-refractivity contribution in [2.24, 2.45) is 5.92 Å². The van der Waals surface area contributed by atoms with Crippen molar-refractivity contribution < 1.29 is 19.1 Å². The maximum atomic E-state index is 12.6. The van der Waals surface area contributed by atoms with Gasteiger partial charge in [-0.1, -0.05) is 26.0 Å². The lowest BCUT2D eigenvalue weighted by molar-refractivity contribution is -0.116. The lowest BCUT2D eigenvalue weighted by atomic mass is 10.1. The van der Waals surface area contributed by atoms with Crippen molar-refractivity contribution in [2.75, 3.05) is 18.5 Å². The molecule has 0 fully saturated rings. The van der Waals surface area contributed by atoms with Gasteiger partial charge in [0.1, 0.15) is 0 Å². The molecule has 0 saturated heterocycles. The van der Waals surface area contributed by atoms with Crippen LogP contribution in [0.5, 0.6) is 11.5 Å². The molecular weight excluding hydrogens is 368 g/mol. The molecular formula is C23H30N2O4. The minimum absolute atomic E-state index is 0.0148. The molecule has 156 valence electrons. The van der Waals surface area contributed by atoms with Gasteiger partial charge in [0.15, 0.2) is 11.5 Å². The van der Waals surface area contributed by atoms with E-state index in [-0.39, 0.29) is 11.8 Å². The highest BCUT2D eigenvalue weighted by atomic mass is 16.5. The fourth-order valence-electron chi connectivity index (χ4n) is 2.82. The van der Waals surface area contributed by atoms with Crippen molar-refractivity contribution in [1.82, 2.24) is 5.32 Å². The summed E-state index contributed by atoms with van der Waals surface area (Å²) < 4.78 is 11.1. The molecule has 6 nitrogen and oxygen atoms in total. The lowest BCUT2D eigenvalue weighted by Gasteiger charge is -2.13. The number of hydrogen-bond donors (Lipinski definition) is 2. The number of benzene rings is 2. The molecule has 2 amide bonds. The second-order valence-electron chi connectivity index (χ2n) is 7.06. The molecule has 2 aromatic rings. The molecule has 0 aliphatic rings. The SMILES string of the molecule is CCOc1ccc(C(=O)NCc2cccc(NC(=O)CC(C)C)c2)cc1OCC. The van der Waals surface area contributed by atoms with Crippen LogP contribution in [0.25, 0.3) is 0 Å². The number of nitrogens with one attached hydrogen (secondary N) is 2. The van der Waals surface area contributed by atoms with Crippen molar-refractivity contribution in [3.8, 4) is 11.5 Å². The second-order valence-corrected chi connectivity index (χ2v) is 7.06. The molecule has 0 aliphatic carbocycles. The van der Waals surface area contributed by atoms with Gasteiger partial charge in [-0.3, -0.25) is 9.59 Å². The van der Waals surface area contributed by atoms with Crippen LogP contribution in [0.3, 0.4) is 0 Å². The fraction of sp³-hybridized carbons (Fsp3) is 0.391. The Balaban J connectivity index is 2.01. The summed E-state index contributed by atoms with van der Waals surface area (Å²) in [6, 6.07) is 12.6. The summed E-state index contributed by atoms with van der Waals surface area (Å²) in [5, 5.41) is 5.79. The largest absolute Gasteiger partial charge is 0.490 e. The zero-order chi connectivity index (χ0) is 21.2. The summed E-state index contributed by atoms with van der Waals surface area (Å²) in [7, 11) is 0. The predicted molar refractivity (Wildman–Crippen MR) is 114 cm³/mol. The Kier molecular flexibility index (Phi) is 8.52. The zero-order valence-electron chi connectivity index (χ0n) is 17.6. The van der Waals surface area contributed by atoms with E-state index < -0.39 is 0 Å². The Morgan fingerprint density at radius 1 is 0.966 bits per heavy atom. The van der Waals surface area contributed by atoms with Gasteiger partial charge in [0.2, 0.25) is 5.91 Å². The Bertz CT molecular complexity index is 833.